The Bertz CT molecular complexity index is 1140. The molecule has 32 heavy (non-hydrogen) atoms. The van der Waals surface area contributed by atoms with E-state index < -0.39 is 11.9 Å². The zero-order valence-electron chi connectivity index (χ0n) is 17.4. The normalized spacial score (nSPS) is 24.7. The molecule has 2 atom stereocenters. The zero-order valence-corrected chi connectivity index (χ0v) is 17.4. The summed E-state index contributed by atoms with van der Waals surface area (Å²) in [5.74, 6) is 1.76. The Morgan fingerprint density at radius 2 is 1.91 bits per heavy atom. The van der Waals surface area contributed by atoms with E-state index in [1.54, 1.807) is 0 Å². The third-order valence-electron chi connectivity index (χ3n) is 7.25. The number of fused-ring (bicyclic) bond motifs is 2. The summed E-state index contributed by atoms with van der Waals surface area (Å²) in [6, 6.07) is 9.61. The molecule has 6 rings (SSSR count). The van der Waals surface area contributed by atoms with Crippen LogP contribution in [0.3, 0.4) is 0 Å². The Morgan fingerprint density at radius 3 is 2.66 bits per heavy atom. The smallest absolute Gasteiger partial charge is 0.381 e. The van der Waals surface area contributed by atoms with E-state index in [-0.39, 0.29) is 17.7 Å². The Labute approximate surface area is 183 Å². The van der Waals surface area contributed by atoms with Gasteiger partial charge in [-0.15, -0.1) is 0 Å². The minimum absolute atomic E-state index is 0.0547. The van der Waals surface area contributed by atoms with Gasteiger partial charge >= 0.3 is 6.18 Å². The lowest BCUT2D eigenvalue weighted by molar-refractivity contribution is -0.140. The molecule has 0 radical (unpaired) electrons. The second-order valence-corrected chi connectivity index (χ2v) is 9.10. The lowest BCUT2D eigenvalue weighted by atomic mass is 9.78. The van der Waals surface area contributed by atoms with E-state index in [0.717, 1.165) is 45.2 Å². The van der Waals surface area contributed by atoms with E-state index in [1.807, 2.05) is 12.1 Å². The number of aromatic amines is 1. The fraction of sp³-hybridized carbons (Fsp3) is 0.478. The van der Waals surface area contributed by atoms with Crippen molar-refractivity contribution in [1.29, 1.82) is 0 Å². The van der Waals surface area contributed by atoms with Crippen molar-refractivity contribution in [3.05, 3.63) is 53.5 Å². The summed E-state index contributed by atoms with van der Waals surface area (Å²) < 4.78 is 45.1. The van der Waals surface area contributed by atoms with E-state index in [4.69, 9.17) is 4.74 Å². The van der Waals surface area contributed by atoms with Crippen molar-refractivity contribution in [3.63, 3.8) is 0 Å². The Morgan fingerprint density at radius 1 is 1.09 bits per heavy atom. The van der Waals surface area contributed by atoms with Crippen LogP contribution in [-0.2, 0) is 17.3 Å². The average molecular weight is 443 g/mol. The number of H-pyrrole nitrogens is 1. The molecule has 1 aromatic carbocycles. The minimum atomic E-state index is -4.46. The molecule has 6 nitrogen and oxygen atoms in total. The van der Waals surface area contributed by atoms with Gasteiger partial charge in [0, 0.05) is 25.0 Å². The molecule has 0 unspecified atom stereocenters. The number of halogens is 3. The van der Waals surface area contributed by atoms with Crippen LogP contribution in [0.25, 0.3) is 11.0 Å². The molecule has 168 valence electrons. The molecule has 0 amide bonds. The van der Waals surface area contributed by atoms with Gasteiger partial charge < -0.3 is 15.0 Å². The number of hydrogen-bond donors (Lipinski definition) is 2. The van der Waals surface area contributed by atoms with Crippen molar-refractivity contribution in [2.45, 2.75) is 31.1 Å². The monoisotopic (exact) mass is 443 g/mol. The lowest BCUT2D eigenvalue weighted by Gasteiger charge is -2.52. The highest BCUT2D eigenvalue weighted by Crippen LogP contribution is 2.41. The van der Waals surface area contributed by atoms with Crippen LogP contribution in [0.1, 0.15) is 29.3 Å². The average Bonchev–Trinajstić information content (AvgIpc) is 3.15. The van der Waals surface area contributed by atoms with Crippen LogP contribution in [0.15, 0.2) is 36.7 Å². The topological polar surface area (TPSA) is 66.1 Å². The highest BCUT2D eigenvalue weighted by molar-refractivity contribution is 5.88. The fourth-order valence-corrected chi connectivity index (χ4v) is 5.31. The SMILES string of the molecule is FC(F)(F)c1cc2c(N[C@H]3c4ccccc4CC[C@@H]3N3CC(C4COC4)C3)ncnc2[nH]1. The highest BCUT2D eigenvalue weighted by Gasteiger charge is 2.44. The maximum absolute atomic E-state index is 13.3. The standard InChI is InChI=1S/C23H24F3N5O/c24-23(25,26)19-7-17-21(29-19)27-12-28-22(17)30-20-16-4-2-1-3-13(16)5-6-18(20)31-8-14(9-31)15-10-32-11-15/h1-4,7,12,14-15,18,20H,5-6,8-11H2,(H2,27,28,29,30)/t18-,20-/m0/s1. The Kier molecular flexibility index (Phi) is 4.65. The van der Waals surface area contributed by atoms with E-state index in [9.17, 15) is 13.2 Å². The molecule has 2 aliphatic heterocycles. The second kappa shape index (κ2) is 7.45. The van der Waals surface area contributed by atoms with Crippen molar-refractivity contribution in [2.24, 2.45) is 11.8 Å². The number of alkyl halides is 3. The van der Waals surface area contributed by atoms with Crippen LogP contribution >= 0.6 is 0 Å². The molecule has 9 heteroatoms. The van der Waals surface area contributed by atoms with Gasteiger partial charge in [-0.3, -0.25) is 4.90 Å². The number of nitrogens with zero attached hydrogens (tertiary/aromatic N) is 3. The van der Waals surface area contributed by atoms with Crippen LogP contribution in [0.2, 0.25) is 0 Å². The molecular formula is C23H24F3N5O. The molecule has 2 N–H and O–H groups in total. The van der Waals surface area contributed by atoms with Crippen molar-refractivity contribution < 1.29 is 17.9 Å². The van der Waals surface area contributed by atoms with Gasteiger partial charge in [-0.25, -0.2) is 9.97 Å². The van der Waals surface area contributed by atoms with Gasteiger partial charge in [-0.2, -0.15) is 13.2 Å². The Balaban J connectivity index is 1.32. The summed E-state index contributed by atoms with van der Waals surface area (Å²) in [6.45, 7) is 3.81. The number of ether oxygens (including phenoxy) is 1. The largest absolute Gasteiger partial charge is 0.431 e. The molecule has 3 aromatic rings. The summed E-state index contributed by atoms with van der Waals surface area (Å²) in [5.41, 5.74) is 1.84. The van der Waals surface area contributed by atoms with Gasteiger partial charge in [0.25, 0.3) is 0 Å². The first-order chi connectivity index (χ1) is 15.5. The van der Waals surface area contributed by atoms with Crippen molar-refractivity contribution >= 4 is 16.9 Å². The molecule has 2 fully saturated rings. The lowest BCUT2D eigenvalue weighted by Crippen LogP contribution is -2.60. The third-order valence-corrected chi connectivity index (χ3v) is 7.25. The molecule has 0 bridgehead atoms. The fourth-order valence-electron chi connectivity index (χ4n) is 5.31. The summed E-state index contributed by atoms with van der Waals surface area (Å²) >= 11 is 0. The van der Waals surface area contributed by atoms with Crippen molar-refractivity contribution in [2.75, 3.05) is 31.6 Å². The van der Waals surface area contributed by atoms with Gasteiger partial charge in [0.1, 0.15) is 23.5 Å². The van der Waals surface area contributed by atoms with Crippen molar-refractivity contribution in [3.8, 4) is 0 Å². The van der Waals surface area contributed by atoms with E-state index in [2.05, 4.69) is 37.3 Å². The van der Waals surface area contributed by atoms with Crippen LogP contribution in [0.5, 0.6) is 0 Å². The first-order valence-corrected chi connectivity index (χ1v) is 11.0. The first kappa shape index (κ1) is 20.0. The number of nitrogens with one attached hydrogen (secondary N) is 2. The summed E-state index contributed by atoms with van der Waals surface area (Å²) in [4.78, 5) is 13.2. The van der Waals surface area contributed by atoms with Gasteiger partial charge in [-0.05, 0) is 36.0 Å². The Hall–Kier alpha value is -2.65. The van der Waals surface area contributed by atoms with E-state index >= 15 is 0 Å². The van der Waals surface area contributed by atoms with Crippen LogP contribution in [0, 0.1) is 11.8 Å². The van der Waals surface area contributed by atoms with Gasteiger partial charge in [-0.1, -0.05) is 24.3 Å². The predicted octanol–water partition coefficient (Wildman–Crippen LogP) is 4.02. The van der Waals surface area contributed by atoms with Crippen LogP contribution in [-0.4, -0.2) is 52.2 Å². The van der Waals surface area contributed by atoms with Crippen molar-refractivity contribution in [1.82, 2.24) is 19.9 Å². The van der Waals surface area contributed by atoms with E-state index in [0.29, 0.717) is 23.0 Å². The number of rotatable bonds is 4. The highest BCUT2D eigenvalue weighted by atomic mass is 19.4. The quantitative estimate of drug-likeness (QED) is 0.638. The second-order valence-electron chi connectivity index (χ2n) is 9.10. The number of aryl methyl sites for hydroxylation is 1. The van der Waals surface area contributed by atoms with Gasteiger partial charge in [0.05, 0.1) is 24.6 Å². The van der Waals surface area contributed by atoms with Gasteiger partial charge in [0.15, 0.2) is 0 Å². The maximum Gasteiger partial charge on any atom is 0.431 e. The van der Waals surface area contributed by atoms with Crippen LogP contribution < -0.4 is 5.32 Å². The molecule has 0 spiro atoms. The van der Waals surface area contributed by atoms with Gasteiger partial charge in [0.2, 0.25) is 0 Å². The number of hydrogen-bond acceptors (Lipinski definition) is 5. The zero-order chi connectivity index (χ0) is 21.9. The molecular weight excluding hydrogens is 419 g/mol. The predicted molar refractivity (Wildman–Crippen MR) is 113 cm³/mol. The summed E-state index contributed by atoms with van der Waals surface area (Å²) in [7, 11) is 0. The van der Waals surface area contributed by atoms with E-state index in [1.165, 1.54) is 17.5 Å². The maximum atomic E-state index is 13.3. The number of anilines is 1. The third kappa shape index (κ3) is 3.34. The summed E-state index contributed by atoms with van der Waals surface area (Å²) in [5, 5.41) is 3.87. The molecule has 0 saturated carbocycles. The molecule has 2 saturated heterocycles. The minimum Gasteiger partial charge on any atom is -0.381 e. The molecule has 1 aliphatic carbocycles. The number of benzene rings is 1. The summed E-state index contributed by atoms with van der Waals surface area (Å²) in [6.07, 6.45) is -1.16. The first-order valence-electron chi connectivity index (χ1n) is 11.0. The van der Waals surface area contributed by atoms with Crippen LogP contribution in [0.4, 0.5) is 19.0 Å². The molecule has 2 aromatic heterocycles. The molecule has 4 heterocycles. The number of aromatic nitrogens is 3. The number of likely N-dealkylation sites (tertiary alicyclic amines) is 1. The molecule has 3 aliphatic rings.